The minimum Gasteiger partial charge on any atom is -0.380 e. The fourth-order valence-corrected chi connectivity index (χ4v) is 2.77. The number of nitrogens with one attached hydrogen (secondary N) is 2. The summed E-state index contributed by atoms with van der Waals surface area (Å²) in [6.07, 6.45) is 2.81. The lowest BCUT2D eigenvalue weighted by Crippen LogP contribution is -2.47. The van der Waals surface area contributed by atoms with E-state index in [2.05, 4.69) is 15.8 Å². The van der Waals surface area contributed by atoms with Gasteiger partial charge in [0.25, 0.3) is 5.91 Å². The zero-order chi connectivity index (χ0) is 14.9. The minimum absolute atomic E-state index is 0.380. The minimum atomic E-state index is -1.24. The van der Waals surface area contributed by atoms with E-state index in [9.17, 15) is 9.90 Å². The predicted molar refractivity (Wildman–Crippen MR) is 81.7 cm³/mol. The van der Waals surface area contributed by atoms with E-state index in [4.69, 9.17) is 0 Å². The number of para-hydroxylation sites is 1. The molecular weight excluding hydrogens is 266 g/mol. The maximum Gasteiger partial charge on any atom is 0.270 e. The average Bonchev–Trinajstić information content (AvgIpc) is 2.93. The van der Waals surface area contributed by atoms with Gasteiger partial charge in [-0.05, 0) is 50.3 Å². The lowest BCUT2D eigenvalue weighted by atomic mass is 10.0. The second-order valence-electron chi connectivity index (χ2n) is 5.66. The van der Waals surface area contributed by atoms with E-state index in [1.54, 1.807) is 0 Å². The maximum absolute atomic E-state index is 12.1. The van der Waals surface area contributed by atoms with Crippen LogP contribution in [0.15, 0.2) is 30.3 Å². The molecule has 21 heavy (non-hydrogen) atoms. The first-order chi connectivity index (χ1) is 10.1. The standard InChI is InChI=1S/C16H19N3O2/c1-11-10-12-6-2-3-7-13(12)17-14(11)18-19-15(20)16(21)8-4-5-9-16/h2-3,6-7,10,21H,4-5,8-9H2,1H3,(H,17,18)(H,19,20). The van der Waals surface area contributed by atoms with Crippen LogP contribution in [0.25, 0.3) is 10.9 Å². The van der Waals surface area contributed by atoms with Crippen molar-refractivity contribution in [3.63, 3.8) is 0 Å². The normalized spacial score (nSPS) is 16.9. The summed E-state index contributed by atoms with van der Waals surface area (Å²) in [5.74, 6) is 0.220. The molecule has 0 saturated heterocycles. The number of aromatic nitrogens is 1. The Hall–Kier alpha value is -2.14. The lowest BCUT2D eigenvalue weighted by Gasteiger charge is -2.21. The van der Waals surface area contributed by atoms with Gasteiger partial charge in [0.05, 0.1) is 5.52 Å². The quantitative estimate of drug-likeness (QED) is 0.756. The summed E-state index contributed by atoms with van der Waals surface area (Å²) in [6.45, 7) is 1.93. The second-order valence-corrected chi connectivity index (χ2v) is 5.66. The number of nitrogens with zero attached hydrogens (tertiary/aromatic N) is 1. The van der Waals surface area contributed by atoms with Crippen LogP contribution in [0, 0.1) is 6.92 Å². The number of hydrogen-bond acceptors (Lipinski definition) is 4. The van der Waals surface area contributed by atoms with E-state index >= 15 is 0 Å². The van der Waals surface area contributed by atoms with E-state index in [0.29, 0.717) is 18.7 Å². The Balaban J connectivity index is 1.76. The number of carbonyl (C=O) groups excluding carboxylic acids is 1. The number of hydrazine groups is 1. The number of carbonyl (C=O) groups is 1. The van der Waals surface area contributed by atoms with Gasteiger partial charge < -0.3 is 5.11 Å². The predicted octanol–water partition coefficient (Wildman–Crippen LogP) is 2.29. The van der Waals surface area contributed by atoms with Gasteiger partial charge in [0.1, 0.15) is 11.4 Å². The van der Waals surface area contributed by atoms with Gasteiger partial charge in [0, 0.05) is 5.39 Å². The molecular formula is C16H19N3O2. The highest BCUT2D eigenvalue weighted by molar-refractivity contribution is 5.87. The molecule has 2 aromatic rings. The molecule has 0 radical (unpaired) electrons. The smallest absolute Gasteiger partial charge is 0.270 e. The highest BCUT2D eigenvalue weighted by Crippen LogP contribution is 2.29. The van der Waals surface area contributed by atoms with Crippen LogP contribution in [0.5, 0.6) is 0 Å². The molecule has 3 rings (SSSR count). The highest BCUT2D eigenvalue weighted by Gasteiger charge is 2.38. The molecule has 0 spiro atoms. The third-order valence-electron chi connectivity index (χ3n) is 4.06. The first-order valence-electron chi connectivity index (χ1n) is 7.24. The van der Waals surface area contributed by atoms with Crippen LogP contribution in [-0.2, 0) is 4.79 Å². The van der Waals surface area contributed by atoms with Crippen molar-refractivity contribution in [3.05, 3.63) is 35.9 Å². The van der Waals surface area contributed by atoms with Gasteiger partial charge in [-0.2, -0.15) is 0 Å². The van der Waals surface area contributed by atoms with Gasteiger partial charge in [-0.25, -0.2) is 4.98 Å². The molecule has 1 fully saturated rings. The molecule has 1 saturated carbocycles. The molecule has 1 aromatic carbocycles. The number of benzene rings is 1. The summed E-state index contributed by atoms with van der Waals surface area (Å²) in [6, 6.07) is 9.83. The molecule has 0 atom stereocenters. The average molecular weight is 285 g/mol. The van der Waals surface area contributed by atoms with E-state index in [-0.39, 0.29) is 5.91 Å². The number of aliphatic hydroxyl groups is 1. The van der Waals surface area contributed by atoms with Crippen LogP contribution < -0.4 is 10.9 Å². The van der Waals surface area contributed by atoms with Gasteiger partial charge in [0.2, 0.25) is 0 Å². The van der Waals surface area contributed by atoms with Crippen LogP contribution in [0.2, 0.25) is 0 Å². The summed E-state index contributed by atoms with van der Waals surface area (Å²) >= 11 is 0. The van der Waals surface area contributed by atoms with E-state index < -0.39 is 5.60 Å². The van der Waals surface area contributed by atoms with Crippen molar-refractivity contribution in [2.45, 2.75) is 38.2 Å². The molecule has 1 aliphatic rings. The first-order valence-corrected chi connectivity index (χ1v) is 7.24. The SMILES string of the molecule is Cc1cc2ccccc2nc1NNC(=O)C1(O)CCCC1. The fourth-order valence-electron chi connectivity index (χ4n) is 2.77. The highest BCUT2D eigenvalue weighted by atomic mass is 16.3. The van der Waals surface area contributed by atoms with Gasteiger partial charge in [0.15, 0.2) is 0 Å². The van der Waals surface area contributed by atoms with Gasteiger partial charge in [-0.3, -0.25) is 15.6 Å². The third-order valence-corrected chi connectivity index (χ3v) is 4.06. The Kier molecular flexibility index (Phi) is 3.51. The molecule has 0 bridgehead atoms. The van der Waals surface area contributed by atoms with Crippen molar-refractivity contribution in [1.82, 2.24) is 10.4 Å². The topological polar surface area (TPSA) is 74.2 Å². The van der Waals surface area contributed by atoms with Crippen molar-refractivity contribution in [2.24, 2.45) is 0 Å². The van der Waals surface area contributed by atoms with E-state index in [0.717, 1.165) is 29.3 Å². The largest absolute Gasteiger partial charge is 0.380 e. The molecule has 110 valence electrons. The maximum atomic E-state index is 12.1. The molecule has 1 heterocycles. The Labute approximate surface area is 123 Å². The number of anilines is 1. The number of pyridine rings is 1. The summed E-state index contributed by atoms with van der Waals surface area (Å²) in [5, 5.41) is 11.3. The molecule has 5 nitrogen and oxygen atoms in total. The van der Waals surface area contributed by atoms with Crippen LogP contribution >= 0.6 is 0 Å². The Morgan fingerprint density at radius 3 is 2.76 bits per heavy atom. The van der Waals surface area contributed by atoms with Crippen molar-refractivity contribution in [2.75, 3.05) is 5.43 Å². The zero-order valence-electron chi connectivity index (χ0n) is 12.0. The Morgan fingerprint density at radius 2 is 2.00 bits per heavy atom. The molecule has 5 heteroatoms. The van der Waals surface area contributed by atoms with Crippen LogP contribution in [0.1, 0.15) is 31.2 Å². The van der Waals surface area contributed by atoms with E-state index in [1.165, 1.54) is 0 Å². The summed E-state index contributed by atoms with van der Waals surface area (Å²) < 4.78 is 0. The third kappa shape index (κ3) is 2.69. The second kappa shape index (κ2) is 5.33. The molecule has 0 unspecified atom stereocenters. The number of rotatable bonds is 3. The van der Waals surface area contributed by atoms with Crippen molar-refractivity contribution >= 4 is 22.6 Å². The fraction of sp³-hybridized carbons (Fsp3) is 0.375. The first kappa shape index (κ1) is 13.8. The van der Waals surface area contributed by atoms with Gasteiger partial charge >= 0.3 is 0 Å². The molecule has 1 aromatic heterocycles. The van der Waals surface area contributed by atoms with Crippen molar-refractivity contribution in [1.29, 1.82) is 0 Å². The molecule has 0 aliphatic heterocycles. The molecule has 3 N–H and O–H groups in total. The van der Waals surface area contributed by atoms with Crippen molar-refractivity contribution < 1.29 is 9.90 Å². The van der Waals surface area contributed by atoms with Gasteiger partial charge in [-0.1, -0.05) is 18.2 Å². The number of hydrogen-bond donors (Lipinski definition) is 3. The number of fused-ring (bicyclic) bond motifs is 1. The molecule has 1 amide bonds. The van der Waals surface area contributed by atoms with Crippen LogP contribution in [0.3, 0.4) is 0 Å². The zero-order valence-corrected chi connectivity index (χ0v) is 12.0. The monoisotopic (exact) mass is 285 g/mol. The Morgan fingerprint density at radius 1 is 1.29 bits per heavy atom. The van der Waals surface area contributed by atoms with Crippen LogP contribution in [0.4, 0.5) is 5.82 Å². The summed E-state index contributed by atoms with van der Waals surface area (Å²) in [7, 11) is 0. The van der Waals surface area contributed by atoms with Crippen LogP contribution in [-0.4, -0.2) is 21.6 Å². The lowest BCUT2D eigenvalue weighted by molar-refractivity contribution is -0.138. The van der Waals surface area contributed by atoms with Crippen molar-refractivity contribution in [3.8, 4) is 0 Å². The number of amides is 1. The summed E-state index contributed by atoms with van der Waals surface area (Å²) in [5.41, 5.74) is 5.98. The molecule has 1 aliphatic carbocycles. The van der Waals surface area contributed by atoms with E-state index in [1.807, 2.05) is 37.3 Å². The number of aryl methyl sites for hydroxylation is 1. The van der Waals surface area contributed by atoms with Gasteiger partial charge in [-0.15, -0.1) is 0 Å². The summed E-state index contributed by atoms with van der Waals surface area (Å²) in [4.78, 5) is 16.6. The Bertz CT molecular complexity index is 678.